The average molecular weight is 188 g/mol. The summed E-state index contributed by atoms with van der Waals surface area (Å²) in [7, 11) is 0. The number of thioether (sulfide) groups is 1. The first-order valence-electron chi connectivity index (χ1n) is 3.74. The van der Waals surface area contributed by atoms with E-state index in [1.807, 2.05) is 30.3 Å². The van der Waals surface area contributed by atoms with E-state index in [9.17, 15) is 0 Å². The second-order valence-corrected chi connectivity index (χ2v) is 2.92. The van der Waals surface area contributed by atoms with Gasteiger partial charge in [-0.25, -0.2) is 0 Å². The molecule has 0 aliphatic carbocycles. The zero-order valence-corrected chi connectivity index (χ0v) is 8.26. The lowest BCUT2D eigenvalue weighted by Crippen LogP contribution is -1.66. The van der Waals surface area contributed by atoms with Crippen molar-refractivity contribution in [2.75, 3.05) is 0 Å². The van der Waals surface area contributed by atoms with E-state index in [1.165, 1.54) is 11.8 Å². The van der Waals surface area contributed by atoms with Crippen LogP contribution in [0.5, 0.6) is 0 Å². The number of terminal acetylenes is 1. The smallest absolute Gasteiger partial charge is 0.0242 e. The Labute approximate surface area is 84.4 Å². The van der Waals surface area contributed by atoms with Crippen LogP contribution in [0.1, 0.15) is 5.56 Å². The Bertz CT molecular complexity index is 274. The van der Waals surface area contributed by atoms with Gasteiger partial charge in [0, 0.05) is 5.56 Å². The van der Waals surface area contributed by atoms with Crippen molar-refractivity contribution in [1.29, 1.82) is 0 Å². The molecule has 0 aliphatic heterocycles. The molecule has 0 heterocycles. The van der Waals surface area contributed by atoms with Crippen molar-refractivity contribution in [3.8, 4) is 12.3 Å². The van der Waals surface area contributed by atoms with Crippen molar-refractivity contribution in [3.63, 3.8) is 0 Å². The molecule has 0 aliphatic rings. The third-order valence-corrected chi connectivity index (χ3v) is 1.52. The fraction of sp³-hybridized carbons (Fsp3) is 0. The maximum atomic E-state index is 5.10. The van der Waals surface area contributed by atoms with Gasteiger partial charge in [0.15, 0.2) is 0 Å². The summed E-state index contributed by atoms with van der Waals surface area (Å²) in [4.78, 5) is 0. The van der Waals surface area contributed by atoms with Crippen molar-refractivity contribution in [1.82, 2.24) is 0 Å². The van der Waals surface area contributed by atoms with Crippen LogP contribution in [0.25, 0.3) is 0 Å². The van der Waals surface area contributed by atoms with Gasteiger partial charge in [0.25, 0.3) is 0 Å². The summed E-state index contributed by atoms with van der Waals surface area (Å²) in [6, 6.07) is 9.60. The van der Waals surface area contributed by atoms with Crippen molar-refractivity contribution < 1.29 is 0 Å². The Kier molecular flexibility index (Phi) is 7.77. The van der Waals surface area contributed by atoms with Crippen molar-refractivity contribution in [2.24, 2.45) is 0 Å². The first-order valence-corrected chi connectivity index (χ1v) is 4.68. The maximum Gasteiger partial charge on any atom is 0.0242 e. The molecule has 0 fully saturated rings. The molecule has 1 rings (SSSR count). The second kappa shape index (κ2) is 8.70. The number of rotatable bonds is 2. The molecule has 0 radical (unpaired) electrons. The van der Waals surface area contributed by atoms with Crippen molar-refractivity contribution in [2.45, 2.75) is 0 Å². The highest BCUT2D eigenvalue weighted by Crippen LogP contribution is 1.96. The maximum absolute atomic E-state index is 5.10. The van der Waals surface area contributed by atoms with Crippen LogP contribution < -0.4 is 0 Å². The van der Waals surface area contributed by atoms with Gasteiger partial charge < -0.3 is 0 Å². The Balaban J connectivity index is 0.000000252. The van der Waals surface area contributed by atoms with Crippen LogP contribution in [0, 0.1) is 12.3 Å². The molecule has 0 atom stereocenters. The third kappa shape index (κ3) is 6.99. The van der Waals surface area contributed by atoms with Gasteiger partial charge in [0.2, 0.25) is 0 Å². The van der Waals surface area contributed by atoms with Crippen LogP contribution in [-0.4, -0.2) is 0 Å². The Morgan fingerprint density at radius 1 is 1.15 bits per heavy atom. The molecule has 0 aromatic heterocycles. The van der Waals surface area contributed by atoms with E-state index in [1.54, 1.807) is 10.8 Å². The van der Waals surface area contributed by atoms with Gasteiger partial charge in [-0.2, -0.15) is 0 Å². The van der Waals surface area contributed by atoms with Gasteiger partial charge in [-0.3, -0.25) is 0 Å². The molecule has 0 nitrogen and oxygen atoms in total. The highest BCUT2D eigenvalue weighted by Gasteiger charge is 1.76. The fourth-order valence-electron chi connectivity index (χ4n) is 0.602. The molecule has 1 heteroatoms. The molecule has 66 valence electrons. The highest BCUT2D eigenvalue weighted by atomic mass is 32.2. The fourth-order valence-corrected chi connectivity index (χ4v) is 0.739. The number of hydrogen-bond donors (Lipinski definition) is 0. The average Bonchev–Trinajstić information content (AvgIpc) is 2.21. The zero-order valence-electron chi connectivity index (χ0n) is 7.44. The van der Waals surface area contributed by atoms with E-state index >= 15 is 0 Å². The van der Waals surface area contributed by atoms with Crippen molar-refractivity contribution in [3.05, 3.63) is 59.9 Å². The molecular formula is C12H12S. The van der Waals surface area contributed by atoms with Crippen LogP contribution in [0.4, 0.5) is 0 Å². The minimum atomic E-state index is 0.938. The van der Waals surface area contributed by atoms with E-state index in [0.29, 0.717) is 0 Å². The molecule has 0 N–H and O–H groups in total. The van der Waals surface area contributed by atoms with Gasteiger partial charge in [0.05, 0.1) is 0 Å². The quantitative estimate of drug-likeness (QED) is 0.638. The van der Waals surface area contributed by atoms with Crippen LogP contribution >= 0.6 is 11.8 Å². The van der Waals surface area contributed by atoms with E-state index in [0.717, 1.165) is 5.56 Å². The van der Waals surface area contributed by atoms with E-state index < -0.39 is 0 Å². The second-order valence-electron chi connectivity index (χ2n) is 1.98. The summed E-state index contributed by atoms with van der Waals surface area (Å²) in [6.45, 7) is 6.88. The standard InChI is InChI=1S/C8H6.C4H6S/c1-2-8-6-4-3-5-7-8;1-3-5-4-2/h1,3-7H;3-4H,1-2H2. The van der Waals surface area contributed by atoms with Crippen LogP contribution in [-0.2, 0) is 0 Å². The van der Waals surface area contributed by atoms with Gasteiger partial charge in [-0.1, -0.05) is 37.3 Å². The summed E-state index contributed by atoms with van der Waals surface area (Å²) in [5.41, 5.74) is 0.938. The lowest BCUT2D eigenvalue weighted by Gasteiger charge is -1.82. The minimum absolute atomic E-state index is 0.938. The Morgan fingerprint density at radius 2 is 1.69 bits per heavy atom. The lowest BCUT2D eigenvalue weighted by atomic mass is 10.2. The predicted molar refractivity (Wildman–Crippen MR) is 62.4 cm³/mol. The molecule has 0 saturated heterocycles. The Morgan fingerprint density at radius 3 is 1.92 bits per heavy atom. The largest absolute Gasteiger partial charge is 0.115 e. The molecule has 0 saturated carbocycles. The summed E-state index contributed by atoms with van der Waals surface area (Å²) in [5, 5.41) is 3.46. The molecule has 0 spiro atoms. The molecule has 1 aromatic rings. The monoisotopic (exact) mass is 188 g/mol. The summed E-state index contributed by atoms with van der Waals surface area (Å²) in [5.74, 6) is 2.53. The molecule has 13 heavy (non-hydrogen) atoms. The topological polar surface area (TPSA) is 0 Å². The van der Waals surface area contributed by atoms with E-state index in [2.05, 4.69) is 19.1 Å². The summed E-state index contributed by atoms with van der Waals surface area (Å²) >= 11 is 1.49. The van der Waals surface area contributed by atoms with Gasteiger partial charge in [-0.15, -0.1) is 18.2 Å². The van der Waals surface area contributed by atoms with E-state index in [4.69, 9.17) is 6.42 Å². The van der Waals surface area contributed by atoms with Gasteiger partial charge in [-0.05, 0) is 22.9 Å². The molecular weight excluding hydrogens is 176 g/mol. The zero-order chi connectivity index (χ0) is 9.94. The molecule has 0 unspecified atom stereocenters. The first kappa shape index (κ1) is 11.6. The molecule has 0 amide bonds. The SMILES string of the molecule is C#Cc1ccccc1.C=CSC=C. The normalized spacial score (nSPS) is 7.31. The van der Waals surface area contributed by atoms with Crippen LogP contribution in [0.15, 0.2) is 54.3 Å². The van der Waals surface area contributed by atoms with Gasteiger partial charge in [0.1, 0.15) is 0 Å². The Hall–Kier alpha value is -1.39. The van der Waals surface area contributed by atoms with E-state index in [-0.39, 0.29) is 0 Å². The number of hydrogen-bond acceptors (Lipinski definition) is 1. The third-order valence-electron chi connectivity index (χ3n) is 1.13. The van der Waals surface area contributed by atoms with Gasteiger partial charge >= 0.3 is 0 Å². The number of benzene rings is 1. The summed E-state index contributed by atoms with van der Waals surface area (Å²) in [6.07, 6.45) is 5.10. The van der Waals surface area contributed by atoms with Crippen LogP contribution in [0.3, 0.4) is 0 Å². The predicted octanol–water partition coefficient (Wildman–Crippen LogP) is 3.67. The molecule has 0 bridgehead atoms. The summed E-state index contributed by atoms with van der Waals surface area (Å²) < 4.78 is 0. The first-order chi connectivity index (χ1) is 6.35. The van der Waals surface area contributed by atoms with Crippen molar-refractivity contribution >= 4 is 11.8 Å². The lowest BCUT2D eigenvalue weighted by molar-refractivity contribution is 1.65. The minimum Gasteiger partial charge on any atom is -0.115 e. The highest BCUT2D eigenvalue weighted by molar-refractivity contribution is 8.04. The molecule has 1 aromatic carbocycles. The van der Waals surface area contributed by atoms with Crippen LogP contribution in [0.2, 0.25) is 0 Å².